The molecule has 3 aromatic rings. The summed E-state index contributed by atoms with van der Waals surface area (Å²) in [5.41, 5.74) is 0.930. The summed E-state index contributed by atoms with van der Waals surface area (Å²) in [5.74, 6) is 2.43. The van der Waals surface area contributed by atoms with E-state index in [1.807, 2.05) is 59.5 Å². The van der Waals surface area contributed by atoms with Crippen molar-refractivity contribution in [2.24, 2.45) is 0 Å². The number of ether oxygens (including phenoxy) is 2. The smallest absolute Gasteiger partial charge is 0.267 e. The van der Waals surface area contributed by atoms with Gasteiger partial charge in [-0.3, -0.25) is 9.69 Å². The molecule has 1 amide bonds. The highest BCUT2D eigenvalue weighted by molar-refractivity contribution is 5.82. The van der Waals surface area contributed by atoms with E-state index in [9.17, 15) is 4.79 Å². The van der Waals surface area contributed by atoms with Gasteiger partial charge >= 0.3 is 0 Å². The van der Waals surface area contributed by atoms with E-state index in [-0.39, 0.29) is 12.5 Å². The van der Waals surface area contributed by atoms with Crippen LogP contribution in [0.2, 0.25) is 0 Å². The van der Waals surface area contributed by atoms with Crippen molar-refractivity contribution < 1.29 is 18.8 Å². The lowest BCUT2D eigenvalue weighted by molar-refractivity contribution is -0.143. The fraction of sp³-hybridized carbons (Fsp3) is 0.318. The molecular formula is C22H22N4O4. The van der Waals surface area contributed by atoms with Crippen LogP contribution in [-0.2, 0) is 11.3 Å². The molecule has 2 aromatic carbocycles. The van der Waals surface area contributed by atoms with E-state index < -0.39 is 6.10 Å². The largest absolute Gasteiger partial charge is 0.485 e. The van der Waals surface area contributed by atoms with Crippen LogP contribution >= 0.6 is 0 Å². The summed E-state index contributed by atoms with van der Waals surface area (Å²) < 4.78 is 16.9. The molecule has 0 N–H and O–H groups in total. The van der Waals surface area contributed by atoms with Crippen molar-refractivity contribution in [3.8, 4) is 22.9 Å². The lowest BCUT2D eigenvalue weighted by Gasteiger charge is -2.36. The van der Waals surface area contributed by atoms with Crippen molar-refractivity contribution in [2.45, 2.75) is 12.6 Å². The Morgan fingerprint density at radius 2 is 1.70 bits per heavy atom. The molecule has 0 bridgehead atoms. The van der Waals surface area contributed by atoms with Gasteiger partial charge in [-0.2, -0.15) is 4.98 Å². The first-order chi connectivity index (χ1) is 14.8. The molecule has 2 aliphatic rings. The molecule has 2 aliphatic heterocycles. The number of amides is 1. The van der Waals surface area contributed by atoms with Crippen LogP contribution in [0.3, 0.4) is 0 Å². The van der Waals surface area contributed by atoms with E-state index in [0.29, 0.717) is 42.8 Å². The minimum atomic E-state index is -0.601. The number of para-hydroxylation sites is 2. The number of hydrogen-bond acceptors (Lipinski definition) is 7. The predicted molar refractivity (Wildman–Crippen MR) is 108 cm³/mol. The third-order valence-electron chi connectivity index (χ3n) is 5.33. The zero-order valence-corrected chi connectivity index (χ0v) is 16.4. The number of carbonyl (C=O) groups is 1. The second-order valence-electron chi connectivity index (χ2n) is 7.34. The Balaban J connectivity index is 1.14. The Bertz CT molecular complexity index is 1010. The molecule has 154 valence electrons. The van der Waals surface area contributed by atoms with Gasteiger partial charge in [0.25, 0.3) is 5.91 Å². The number of aromatic nitrogens is 2. The minimum Gasteiger partial charge on any atom is -0.485 e. The van der Waals surface area contributed by atoms with Crippen molar-refractivity contribution in [1.29, 1.82) is 0 Å². The maximum Gasteiger partial charge on any atom is 0.267 e. The second-order valence-corrected chi connectivity index (χ2v) is 7.34. The summed E-state index contributed by atoms with van der Waals surface area (Å²) in [6.07, 6.45) is -0.601. The van der Waals surface area contributed by atoms with Gasteiger partial charge < -0.3 is 18.9 Å². The number of rotatable bonds is 4. The molecule has 0 unspecified atom stereocenters. The molecule has 1 saturated heterocycles. The summed E-state index contributed by atoms with van der Waals surface area (Å²) in [4.78, 5) is 21.4. The molecule has 1 fully saturated rings. The van der Waals surface area contributed by atoms with Gasteiger partial charge in [-0.25, -0.2) is 0 Å². The minimum absolute atomic E-state index is 0.0340. The van der Waals surface area contributed by atoms with Crippen molar-refractivity contribution in [2.75, 3.05) is 32.8 Å². The molecule has 0 saturated carbocycles. The zero-order valence-electron chi connectivity index (χ0n) is 16.4. The predicted octanol–water partition coefficient (Wildman–Crippen LogP) is 2.22. The highest BCUT2D eigenvalue weighted by Crippen LogP contribution is 2.31. The molecule has 1 atom stereocenters. The number of nitrogens with zero attached hydrogens (tertiary/aromatic N) is 4. The van der Waals surface area contributed by atoms with E-state index in [2.05, 4.69) is 15.0 Å². The Labute approximate surface area is 174 Å². The Hall–Kier alpha value is -3.39. The Morgan fingerprint density at radius 3 is 2.50 bits per heavy atom. The van der Waals surface area contributed by atoms with Crippen LogP contribution in [0.25, 0.3) is 11.4 Å². The Kier molecular flexibility index (Phi) is 5.06. The Morgan fingerprint density at radius 1 is 0.967 bits per heavy atom. The highest BCUT2D eigenvalue weighted by Gasteiger charge is 2.32. The second kappa shape index (κ2) is 8.16. The molecule has 0 radical (unpaired) electrons. The lowest BCUT2D eigenvalue weighted by atomic mass is 10.2. The van der Waals surface area contributed by atoms with Crippen LogP contribution in [0.4, 0.5) is 0 Å². The summed E-state index contributed by atoms with van der Waals surface area (Å²) in [6.45, 7) is 3.52. The fourth-order valence-corrected chi connectivity index (χ4v) is 3.69. The number of carbonyl (C=O) groups excluding carboxylic acids is 1. The summed E-state index contributed by atoms with van der Waals surface area (Å²) in [7, 11) is 0. The third kappa shape index (κ3) is 3.86. The number of benzene rings is 2. The van der Waals surface area contributed by atoms with Crippen LogP contribution in [-0.4, -0.2) is 64.7 Å². The molecule has 8 heteroatoms. The summed E-state index contributed by atoms with van der Waals surface area (Å²) >= 11 is 0. The summed E-state index contributed by atoms with van der Waals surface area (Å²) in [6, 6.07) is 17.2. The van der Waals surface area contributed by atoms with Crippen LogP contribution in [0.15, 0.2) is 59.1 Å². The van der Waals surface area contributed by atoms with Gasteiger partial charge in [-0.15, -0.1) is 0 Å². The average molecular weight is 406 g/mol. The molecule has 30 heavy (non-hydrogen) atoms. The molecule has 0 aliphatic carbocycles. The van der Waals surface area contributed by atoms with E-state index >= 15 is 0 Å². The zero-order chi connectivity index (χ0) is 20.3. The molecule has 8 nitrogen and oxygen atoms in total. The molecule has 0 spiro atoms. The monoisotopic (exact) mass is 406 g/mol. The van der Waals surface area contributed by atoms with Gasteiger partial charge in [0.15, 0.2) is 11.5 Å². The SMILES string of the molecule is O=C([C@H]1COc2ccccc2O1)N1CCN(Cc2nc(-c3ccccc3)no2)CC1. The van der Waals surface area contributed by atoms with Crippen LogP contribution in [0, 0.1) is 0 Å². The first-order valence-corrected chi connectivity index (χ1v) is 10.0. The van der Waals surface area contributed by atoms with Gasteiger partial charge in [0.2, 0.25) is 17.8 Å². The van der Waals surface area contributed by atoms with Crippen LogP contribution in [0.1, 0.15) is 5.89 Å². The van der Waals surface area contributed by atoms with E-state index in [4.69, 9.17) is 14.0 Å². The molecule has 1 aromatic heterocycles. The van der Waals surface area contributed by atoms with Crippen LogP contribution < -0.4 is 9.47 Å². The number of hydrogen-bond donors (Lipinski definition) is 0. The normalized spacial score (nSPS) is 18.9. The lowest BCUT2D eigenvalue weighted by Crippen LogP contribution is -2.53. The maximum atomic E-state index is 12.8. The van der Waals surface area contributed by atoms with Gasteiger partial charge in [0.05, 0.1) is 6.54 Å². The first kappa shape index (κ1) is 18.6. The van der Waals surface area contributed by atoms with E-state index in [0.717, 1.165) is 18.7 Å². The van der Waals surface area contributed by atoms with E-state index in [1.165, 1.54) is 0 Å². The quantitative estimate of drug-likeness (QED) is 0.657. The molecule has 3 heterocycles. The number of fused-ring (bicyclic) bond motifs is 1. The topological polar surface area (TPSA) is 80.9 Å². The van der Waals surface area contributed by atoms with Crippen LogP contribution in [0.5, 0.6) is 11.5 Å². The highest BCUT2D eigenvalue weighted by atomic mass is 16.6. The summed E-state index contributed by atoms with van der Waals surface area (Å²) in [5, 5.41) is 4.07. The number of piperazine rings is 1. The van der Waals surface area contributed by atoms with E-state index in [1.54, 1.807) is 0 Å². The van der Waals surface area contributed by atoms with Crippen molar-refractivity contribution in [3.63, 3.8) is 0 Å². The maximum absolute atomic E-state index is 12.8. The van der Waals surface area contributed by atoms with Crippen molar-refractivity contribution in [3.05, 3.63) is 60.5 Å². The van der Waals surface area contributed by atoms with Gasteiger partial charge in [-0.05, 0) is 12.1 Å². The van der Waals surface area contributed by atoms with Crippen molar-refractivity contribution in [1.82, 2.24) is 19.9 Å². The van der Waals surface area contributed by atoms with Gasteiger partial charge in [-0.1, -0.05) is 47.6 Å². The van der Waals surface area contributed by atoms with Crippen molar-refractivity contribution >= 4 is 5.91 Å². The van der Waals surface area contributed by atoms with Gasteiger partial charge in [0.1, 0.15) is 6.61 Å². The first-order valence-electron chi connectivity index (χ1n) is 10.0. The molecule has 5 rings (SSSR count). The average Bonchev–Trinajstić information content (AvgIpc) is 3.28. The fourth-order valence-electron chi connectivity index (χ4n) is 3.69. The van der Waals surface area contributed by atoms with Gasteiger partial charge in [0, 0.05) is 31.7 Å². The third-order valence-corrected chi connectivity index (χ3v) is 5.33. The molecular weight excluding hydrogens is 384 g/mol. The standard InChI is InChI=1S/C22H22N4O4/c27-22(19-15-28-17-8-4-5-9-18(17)29-19)26-12-10-25(11-13-26)14-20-23-21(24-30-20)16-6-2-1-3-7-16/h1-9,19H,10-15H2/t19-/m1/s1.